The summed E-state index contributed by atoms with van der Waals surface area (Å²) < 4.78 is 32.2. The van der Waals surface area contributed by atoms with Crippen LogP contribution in [0.1, 0.15) is 26.3 Å². The number of carbonyl (C=O) groups excluding carboxylic acids is 2. The molecule has 8 heteroatoms. The molecule has 3 rings (SSSR count). The number of nitrogens with one attached hydrogen (secondary N) is 1. The Hall–Kier alpha value is -3.00. The fourth-order valence-electron chi connectivity index (χ4n) is 2.68. The Morgan fingerprint density at radius 3 is 2.76 bits per heavy atom. The van der Waals surface area contributed by atoms with Gasteiger partial charge < -0.3 is 20.1 Å². The first-order valence-electron chi connectivity index (χ1n) is 7.33. The van der Waals surface area contributed by atoms with E-state index in [2.05, 4.69) is 10.1 Å². The molecule has 0 saturated carbocycles. The van der Waals surface area contributed by atoms with E-state index in [9.17, 15) is 23.5 Å². The lowest BCUT2D eigenvalue weighted by molar-refractivity contribution is 0.0595. The average molecular weight is 348 g/mol. The number of rotatable bonds is 3. The van der Waals surface area contributed by atoms with Gasteiger partial charge in [-0.2, -0.15) is 0 Å². The lowest BCUT2D eigenvalue weighted by atomic mass is 10.1. The van der Waals surface area contributed by atoms with E-state index in [0.717, 1.165) is 19.2 Å². The van der Waals surface area contributed by atoms with Crippen molar-refractivity contribution in [2.24, 2.45) is 0 Å². The number of ether oxygens (including phenoxy) is 1. The zero-order valence-electron chi connectivity index (χ0n) is 13.1. The molecule has 130 valence electrons. The van der Waals surface area contributed by atoms with Crippen molar-refractivity contribution in [3.05, 3.63) is 64.7 Å². The molecule has 2 aromatic carbocycles. The van der Waals surface area contributed by atoms with Crippen molar-refractivity contribution >= 4 is 17.6 Å². The van der Waals surface area contributed by atoms with E-state index in [4.69, 9.17) is 0 Å². The predicted molar refractivity (Wildman–Crippen MR) is 83.8 cm³/mol. The molecule has 2 N–H and O–H groups in total. The topological polar surface area (TPSA) is 78.9 Å². The molecule has 1 atom stereocenters. The van der Waals surface area contributed by atoms with E-state index in [1.165, 1.54) is 29.2 Å². The molecule has 0 aromatic heterocycles. The predicted octanol–water partition coefficient (Wildman–Crippen LogP) is 1.78. The number of carbonyl (C=O) groups is 2. The lowest BCUT2D eigenvalue weighted by Gasteiger charge is -2.35. The number of halogens is 2. The summed E-state index contributed by atoms with van der Waals surface area (Å²) in [5.41, 5.74) is 0.213. The third kappa shape index (κ3) is 3.03. The number of aliphatic hydroxyl groups is 1. The van der Waals surface area contributed by atoms with Gasteiger partial charge >= 0.3 is 5.97 Å². The molecular formula is C17H14F2N2O4. The highest BCUT2D eigenvalue weighted by Gasteiger charge is 2.31. The standard InChI is InChI=1S/C17H14F2N2O4/c1-25-16(23)10-7-9(5-6-11(10)18)8-21-13-4-2-3-12(19)14(13)15(22)20-17(21)24/h2-7,17,24H,8H2,1H3,(H,20,22). The zero-order valence-corrected chi connectivity index (χ0v) is 13.1. The molecule has 0 fully saturated rings. The number of anilines is 1. The van der Waals surface area contributed by atoms with Crippen LogP contribution >= 0.6 is 0 Å². The quantitative estimate of drug-likeness (QED) is 0.827. The van der Waals surface area contributed by atoms with E-state index < -0.39 is 29.9 Å². The van der Waals surface area contributed by atoms with Gasteiger partial charge in [-0.3, -0.25) is 4.79 Å². The monoisotopic (exact) mass is 348 g/mol. The summed E-state index contributed by atoms with van der Waals surface area (Å²) in [6.45, 7) is 0.00216. The van der Waals surface area contributed by atoms with Crippen molar-refractivity contribution in [2.75, 3.05) is 12.0 Å². The van der Waals surface area contributed by atoms with Crippen LogP contribution in [0.25, 0.3) is 0 Å². The molecular weight excluding hydrogens is 334 g/mol. The summed E-state index contributed by atoms with van der Waals surface area (Å²) in [4.78, 5) is 24.8. The van der Waals surface area contributed by atoms with Crippen LogP contribution < -0.4 is 10.2 Å². The van der Waals surface area contributed by atoms with Crippen molar-refractivity contribution in [1.29, 1.82) is 0 Å². The number of methoxy groups -OCH3 is 1. The van der Waals surface area contributed by atoms with E-state index in [1.807, 2.05) is 0 Å². The SMILES string of the molecule is COC(=O)c1cc(CN2c3cccc(F)c3C(=O)NC2O)ccc1F. The minimum atomic E-state index is -1.39. The minimum Gasteiger partial charge on any atom is -0.465 e. The van der Waals surface area contributed by atoms with Crippen LogP contribution in [0.5, 0.6) is 0 Å². The van der Waals surface area contributed by atoms with Crippen LogP contribution in [0.3, 0.4) is 0 Å². The van der Waals surface area contributed by atoms with Gasteiger partial charge in [0.25, 0.3) is 5.91 Å². The fraction of sp³-hybridized carbons (Fsp3) is 0.176. The number of esters is 1. The molecule has 1 aliphatic rings. The van der Waals surface area contributed by atoms with Gasteiger partial charge in [-0.15, -0.1) is 0 Å². The Bertz CT molecular complexity index is 857. The number of aliphatic hydroxyl groups excluding tert-OH is 1. The van der Waals surface area contributed by atoms with Crippen LogP contribution in [0, 0.1) is 11.6 Å². The lowest BCUT2D eigenvalue weighted by Crippen LogP contribution is -2.52. The third-order valence-electron chi connectivity index (χ3n) is 3.87. The maximum Gasteiger partial charge on any atom is 0.340 e. The summed E-state index contributed by atoms with van der Waals surface area (Å²) in [6.07, 6.45) is -1.39. The number of amides is 1. The number of benzene rings is 2. The Morgan fingerprint density at radius 1 is 1.28 bits per heavy atom. The van der Waals surface area contributed by atoms with Crippen molar-refractivity contribution in [3.63, 3.8) is 0 Å². The summed E-state index contributed by atoms with van der Waals surface area (Å²) in [5.74, 6) is -3.03. The second-order valence-electron chi connectivity index (χ2n) is 5.41. The molecule has 1 heterocycles. The number of hydrogen-bond acceptors (Lipinski definition) is 5. The van der Waals surface area contributed by atoms with Gasteiger partial charge in [0.15, 0.2) is 0 Å². The first-order valence-corrected chi connectivity index (χ1v) is 7.33. The summed E-state index contributed by atoms with van der Waals surface area (Å²) in [5, 5.41) is 12.4. The molecule has 25 heavy (non-hydrogen) atoms. The number of nitrogens with zero attached hydrogens (tertiary/aromatic N) is 1. The van der Waals surface area contributed by atoms with Crippen molar-refractivity contribution in [1.82, 2.24) is 5.32 Å². The largest absolute Gasteiger partial charge is 0.465 e. The van der Waals surface area contributed by atoms with Crippen LogP contribution in [0.2, 0.25) is 0 Å². The smallest absolute Gasteiger partial charge is 0.340 e. The molecule has 1 unspecified atom stereocenters. The summed E-state index contributed by atoms with van der Waals surface area (Å²) >= 11 is 0. The van der Waals surface area contributed by atoms with Crippen molar-refractivity contribution in [3.8, 4) is 0 Å². The summed E-state index contributed by atoms with van der Waals surface area (Å²) in [7, 11) is 1.14. The first kappa shape index (κ1) is 16.8. The van der Waals surface area contributed by atoms with E-state index in [1.54, 1.807) is 0 Å². The van der Waals surface area contributed by atoms with Gasteiger partial charge in [0.05, 0.1) is 23.9 Å². The van der Waals surface area contributed by atoms with Gasteiger partial charge in [-0.25, -0.2) is 13.6 Å². The maximum absolute atomic E-state index is 13.9. The normalized spacial score (nSPS) is 16.2. The molecule has 0 spiro atoms. The highest BCUT2D eigenvalue weighted by molar-refractivity contribution is 6.02. The number of hydrogen-bond donors (Lipinski definition) is 2. The molecule has 0 saturated heterocycles. The maximum atomic E-state index is 13.9. The molecule has 1 amide bonds. The third-order valence-corrected chi connectivity index (χ3v) is 3.87. The average Bonchev–Trinajstić information content (AvgIpc) is 2.59. The highest BCUT2D eigenvalue weighted by atomic mass is 19.1. The second-order valence-corrected chi connectivity index (χ2v) is 5.41. The van der Waals surface area contributed by atoms with Crippen LogP contribution in [-0.2, 0) is 11.3 Å². The Kier molecular flexibility index (Phi) is 4.37. The molecule has 0 bridgehead atoms. The van der Waals surface area contributed by atoms with Crippen LogP contribution in [-0.4, -0.2) is 30.4 Å². The molecule has 1 aliphatic heterocycles. The molecule has 2 aromatic rings. The Labute approximate surface area is 141 Å². The Balaban J connectivity index is 1.99. The minimum absolute atomic E-state index is 0.00216. The molecule has 0 radical (unpaired) electrons. The van der Waals surface area contributed by atoms with Gasteiger partial charge in [0.2, 0.25) is 6.35 Å². The molecule has 0 aliphatic carbocycles. The van der Waals surface area contributed by atoms with E-state index >= 15 is 0 Å². The van der Waals surface area contributed by atoms with Gasteiger partial charge in [-0.05, 0) is 29.8 Å². The fourth-order valence-corrected chi connectivity index (χ4v) is 2.68. The van der Waals surface area contributed by atoms with Crippen molar-refractivity contribution < 1.29 is 28.2 Å². The molecule has 6 nitrogen and oxygen atoms in total. The van der Waals surface area contributed by atoms with Crippen LogP contribution in [0.4, 0.5) is 14.5 Å². The van der Waals surface area contributed by atoms with E-state index in [0.29, 0.717) is 5.56 Å². The van der Waals surface area contributed by atoms with Gasteiger partial charge in [0, 0.05) is 6.54 Å². The van der Waals surface area contributed by atoms with Crippen LogP contribution in [0.15, 0.2) is 36.4 Å². The second kappa shape index (κ2) is 6.48. The van der Waals surface area contributed by atoms with Gasteiger partial charge in [-0.1, -0.05) is 12.1 Å². The van der Waals surface area contributed by atoms with Gasteiger partial charge in [0.1, 0.15) is 11.6 Å². The van der Waals surface area contributed by atoms with E-state index in [-0.39, 0.29) is 23.4 Å². The van der Waals surface area contributed by atoms with Crippen molar-refractivity contribution in [2.45, 2.75) is 12.9 Å². The first-order chi connectivity index (χ1) is 11.9. The summed E-state index contributed by atoms with van der Waals surface area (Å²) in [6, 6.07) is 7.85. The Morgan fingerprint density at radius 2 is 2.04 bits per heavy atom. The number of fused-ring (bicyclic) bond motifs is 1. The zero-order chi connectivity index (χ0) is 18.1. The highest BCUT2D eigenvalue weighted by Crippen LogP contribution is 2.29.